The maximum atomic E-state index is 9.42. The van der Waals surface area contributed by atoms with Gasteiger partial charge < -0.3 is 9.84 Å². The summed E-state index contributed by atoms with van der Waals surface area (Å²) in [5, 5.41) is 10.1. The van der Waals surface area contributed by atoms with Crippen LogP contribution in [0.3, 0.4) is 0 Å². The Morgan fingerprint density at radius 3 is 2.50 bits per heavy atom. The van der Waals surface area contributed by atoms with Gasteiger partial charge in [-0.05, 0) is 18.2 Å². The molecule has 1 N–H and O–H groups in total. The van der Waals surface area contributed by atoms with E-state index >= 15 is 0 Å². The van der Waals surface area contributed by atoms with Gasteiger partial charge in [-0.2, -0.15) is 0 Å². The van der Waals surface area contributed by atoms with Gasteiger partial charge in [-0.15, -0.1) is 0 Å². The van der Waals surface area contributed by atoms with Crippen molar-refractivity contribution in [3.8, 4) is 17.2 Å². The molecule has 0 saturated carbocycles. The average Bonchev–Trinajstić information content (AvgIpc) is 2.31. The summed E-state index contributed by atoms with van der Waals surface area (Å²) in [6, 6.07) is 14.6. The van der Waals surface area contributed by atoms with Crippen molar-refractivity contribution in [3.05, 3.63) is 54.1 Å². The van der Waals surface area contributed by atoms with E-state index in [9.17, 15) is 5.11 Å². The Morgan fingerprint density at radius 2 is 1.81 bits per heavy atom. The van der Waals surface area contributed by atoms with E-state index in [4.69, 9.17) is 4.74 Å². The van der Waals surface area contributed by atoms with Gasteiger partial charge in [0.2, 0.25) is 0 Å². The molecule has 0 spiro atoms. The number of hydrogen-bond acceptors (Lipinski definition) is 2. The second-order valence-corrected chi connectivity index (χ2v) is 3.90. The highest BCUT2D eigenvalue weighted by Gasteiger charge is 2.04. The number of phenols is 1. The predicted octanol–water partition coefficient (Wildman–Crippen LogP) is 4.08. The van der Waals surface area contributed by atoms with Crippen molar-refractivity contribution in [3.63, 3.8) is 0 Å². The number of hydrogen-bond donors (Lipinski definition) is 1. The molecule has 0 radical (unpaired) electrons. The van der Waals surface area contributed by atoms with Crippen LogP contribution >= 0.6 is 15.9 Å². The highest BCUT2D eigenvalue weighted by molar-refractivity contribution is 9.08. The van der Waals surface area contributed by atoms with Crippen LogP contribution in [0.1, 0.15) is 5.56 Å². The summed E-state index contributed by atoms with van der Waals surface area (Å²) >= 11 is 3.38. The first-order valence-electron chi connectivity index (χ1n) is 4.90. The Bertz CT molecular complexity index is 469. The summed E-state index contributed by atoms with van der Waals surface area (Å²) in [4.78, 5) is 0. The minimum atomic E-state index is 0.204. The first kappa shape index (κ1) is 11.0. The summed E-state index contributed by atoms with van der Waals surface area (Å²) < 4.78 is 5.69. The van der Waals surface area contributed by atoms with Gasteiger partial charge in [0.25, 0.3) is 0 Å². The summed E-state index contributed by atoms with van der Waals surface area (Å²) in [5.41, 5.74) is 1.00. The van der Waals surface area contributed by atoms with Gasteiger partial charge in [-0.3, -0.25) is 0 Å². The quantitative estimate of drug-likeness (QED) is 0.858. The zero-order valence-corrected chi connectivity index (χ0v) is 10.1. The van der Waals surface area contributed by atoms with Gasteiger partial charge in [0.1, 0.15) is 17.2 Å². The molecule has 3 heteroatoms. The molecule has 2 aromatic rings. The average molecular weight is 279 g/mol. The molecule has 0 atom stereocenters. The topological polar surface area (TPSA) is 29.5 Å². The Hall–Kier alpha value is -1.48. The van der Waals surface area contributed by atoms with Gasteiger partial charge in [0.15, 0.2) is 0 Å². The van der Waals surface area contributed by atoms with Gasteiger partial charge in [-0.25, -0.2) is 0 Å². The Balaban J connectivity index is 2.30. The second kappa shape index (κ2) is 5.03. The Labute approximate surface area is 103 Å². The molecule has 82 valence electrons. The van der Waals surface area contributed by atoms with Crippen molar-refractivity contribution in [1.29, 1.82) is 0 Å². The lowest BCUT2D eigenvalue weighted by molar-refractivity contribution is 0.453. The number of aromatic hydroxyl groups is 1. The largest absolute Gasteiger partial charge is 0.508 e. The minimum absolute atomic E-state index is 0.204. The molecule has 0 amide bonds. The van der Waals surface area contributed by atoms with Crippen molar-refractivity contribution in [2.45, 2.75) is 5.33 Å². The smallest absolute Gasteiger partial charge is 0.135 e. The lowest BCUT2D eigenvalue weighted by Crippen LogP contribution is -1.88. The Morgan fingerprint density at radius 1 is 1.06 bits per heavy atom. The SMILES string of the molecule is Oc1ccc(CBr)c(Oc2ccccc2)c1. The standard InChI is InChI=1S/C13H11BrO2/c14-9-10-6-7-11(15)8-13(10)16-12-4-2-1-3-5-12/h1-8,15H,9H2. The lowest BCUT2D eigenvalue weighted by atomic mass is 10.2. The van der Waals surface area contributed by atoms with E-state index in [0.29, 0.717) is 11.1 Å². The van der Waals surface area contributed by atoms with Crippen LogP contribution in [0.25, 0.3) is 0 Å². The number of phenolic OH excluding ortho intramolecular Hbond substituents is 1. The van der Waals surface area contributed by atoms with E-state index in [1.54, 1.807) is 12.1 Å². The predicted molar refractivity (Wildman–Crippen MR) is 67.3 cm³/mol. The van der Waals surface area contributed by atoms with E-state index in [-0.39, 0.29) is 5.75 Å². The van der Waals surface area contributed by atoms with E-state index in [1.807, 2.05) is 36.4 Å². The third kappa shape index (κ3) is 2.55. The van der Waals surface area contributed by atoms with Crippen molar-refractivity contribution < 1.29 is 9.84 Å². The van der Waals surface area contributed by atoms with Gasteiger partial charge in [-0.1, -0.05) is 40.2 Å². The van der Waals surface area contributed by atoms with E-state index < -0.39 is 0 Å². The maximum absolute atomic E-state index is 9.42. The molecule has 0 saturated heterocycles. The molecule has 0 fully saturated rings. The van der Waals surface area contributed by atoms with E-state index in [1.165, 1.54) is 0 Å². The molecule has 2 nitrogen and oxygen atoms in total. The van der Waals surface area contributed by atoms with Crippen LogP contribution in [0.5, 0.6) is 17.2 Å². The first-order valence-corrected chi connectivity index (χ1v) is 6.02. The molecule has 0 aliphatic rings. The van der Waals surface area contributed by atoms with Crippen LogP contribution in [0.4, 0.5) is 0 Å². The van der Waals surface area contributed by atoms with Crippen LogP contribution in [0, 0.1) is 0 Å². The number of benzene rings is 2. The fourth-order valence-electron chi connectivity index (χ4n) is 1.36. The van der Waals surface area contributed by atoms with Crippen LogP contribution in [0.2, 0.25) is 0 Å². The van der Waals surface area contributed by atoms with Crippen molar-refractivity contribution in [1.82, 2.24) is 0 Å². The molecule has 0 heterocycles. The maximum Gasteiger partial charge on any atom is 0.135 e. The monoisotopic (exact) mass is 278 g/mol. The zero-order chi connectivity index (χ0) is 11.4. The highest BCUT2D eigenvalue weighted by Crippen LogP contribution is 2.30. The molecule has 0 aliphatic heterocycles. The van der Waals surface area contributed by atoms with Gasteiger partial charge in [0, 0.05) is 17.0 Å². The number of ether oxygens (including phenoxy) is 1. The van der Waals surface area contributed by atoms with Crippen LogP contribution in [-0.4, -0.2) is 5.11 Å². The summed E-state index contributed by atoms with van der Waals surface area (Å²) in [5.74, 6) is 1.63. The molecule has 0 bridgehead atoms. The van der Waals surface area contributed by atoms with Crippen molar-refractivity contribution >= 4 is 15.9 Å². The van der Waals surface area contributed by atoms with E-state index in [2.05, 4.69) is 15.9 Å². The molecular weight excluding hydrogens is 268 g/mol. The van der Waals surface area contributed by atoms with Crippen molar-refractivity contribution in [2.24, 2.45) is 0 Å². The third-order valence-corrected chi connectivity index (χ3v) is 2.77. The molecule has 2 aromatic carbocycles. The van der Waals surface area contributed by atoms with Gasteiger partial charge >= 0.3 is 0 Å². The third-order valence-electron chi connectivity index (χ3n) is 2.17. The van der Waals surface area contributed by atoms with Crippen LogP contribution < -0.4 is 4.74 Å². The second-order valence-electron chi connectivity index (χ2n) is 3.34. The highest BCUT2D eigenvalue weighted by atomic mass is 79.9. The van der Waals surface area contributed by atoms with Crippen LogP contribution in [0.15, 0.2) is 48.5 Å². The fraction of sp³-hybridized carbons (Fsp3) is 0.0769. The molecule has 16 heavy (non-hydrogen) atoms. The Kier molecular flexibility index (Phi) is 3.47. The first-order chi connectivity index (χ1) is 7.79. The van der Waals surface area contributed by atoms with Crippen LogP contribution in [-0.2, 0) is 5.33 Å². The normalized spacial score (nSPS) is 10.1. The summed E-state index contributed by atoms with van der Waals surface area (Å²) in [6.45, 7) is 0. The summed E-state index contributed by atoms with van der Waals surface area (Å²) in [6.07, 6.45) is 0. The van der Waals surface area contributed by atoms with E-state index in [0.717, 1.165) is 11.3 Å². The lowest BCUT2D eigenvalue weighted by Gasteiger charge is -2.09. The fourth-order valence-corrected chi connectivity index (χ4v) is 1.83. The molecule has 2 rings (SSSR count). The number of para-hydroxylation sites is 1. The molecular formula is C13H11BrO2. The minimum Gasteiger partial charge on any atom is -0.508 e. The van der Waals surface area contributed by atoms with Crippen molar-refractivity contribution in [2.75, 3.05) is 0 Å². The zero-order valence-electron chi connectivity index (χ0n) is 8.56. The summed E-state index contributed by atoms with van der Waals surface area (Å²) in [7, 11) is 0. The molecule has 0 unspecified atom stereocenters. The number of alkyl halides is 1. The van der Waals surface area contributed by atoms with Gasteiger partial charge in [0.05, 0.1) is 0 Å². The number of halogens is 1. The molecule has 0 aromatic heterocycles. The molecule has 0 aliphatic carbocycles. The number of rotatable bonds is 3.